The monoisotopic (exact) mass is 260 g/mol. The van der Waals surface area contributed by atoms with Crippen LogP contribution in [0.5, 0.6) is 0 Å². The van der Waals surface area contributed by atoms with Gasteiger partial charge < -0.3 is 15.0 Å². The zero-order valence-electron chi connectivity index (χ0n) is 11.3. The normalized spacial score (nSPS) is 18.6. The van der Waals surface area contributed by atoms with Crippen molar-refractivity contribution < 1.29 is 5.11 Å². The highest BCUT2D eigenvalue weighted by atomic mass is 16.3. The third-order valence-electron chi connectivity index (χ3n) is 4.14. The highest BCUT2D eigenvalue weighted by Crippen LogP contribution is 2.32. The maximum Gasteiger partial charge on any atom is 0.154 e. The summed E-state index contributed by atoms with van der Waals surface area (Å²) in [5.41, 5.74) is 1.71. The summed E-state index contributed by atoms with van der Waals surface area (Å²) in [6.45, 7) is 0.151. The van der Waals surface area contributed by atoms with Gasteiger partial charge in [0.2, 0.25) is 0 Å². The molecule has 0 aromatic carbocycles. The van der Waals surface area contributed by atoms with Gasteiger partial charge in [0.1, 0.15) is 5.52 Å². The van der Waals surface area contributed by atoms with E-state index in [4.69, 9.17) is 0 Å². The van der Waals surface area contributed by atoms with E-state index in [0.29, 0.717) is 0 Å². The molecule has 19 heavy (non-hydrogen) atoms. The summed E-state index contributed by atoms with van der Waals surface area (Å²) in [4.78, 5) is 8.81. The third kappa shape index (κ3) is 2.18. The Morgan fingerprint density at radius 1 is 1.32 bits per heavy atom. The number of rotatable bonds is 3. The molecule has 102 valence electrons. The SMILES string of the molecule is Cn1cnc2c(NC3(CO)CCCCC3)nccc21. The quantitative estimate of drug-likeness (QED) is 0.887. The van der Waals surface area contributed by atoms with Crippen LogP contribution in [0.2, 0.25) is 0 Å². The summed E-state index contributed by atoms with van der Waals surface area (Å²) >= 11 is 0. The number of hydrogen-bond donors (Lipinski definition) is 2. The maximum absolute atomic E-state index is 9.76. The summed E-state index contributed by atoms with van der Waals surface area (Å²) in [6, 6.07) is 1.96. The Morgan fingerprint density at radius 3 is 2.84 bits per heavy atom. The van der Waals surface area contributed by atoms with Gasteiger partial charge in [-0.2, -0.15) is 0 Å². The lowest BCUT2D eigenvalue weighted by atomic mass is 9.82. The number of fused-ring (bicyclic) bond motifs is 1. The fraction of sp³-hybridized carbons (Fsp3) is 0.571. The van der Waals surface area contributed by atoms with E-state index >= 15 is 0 Å². The first kappa shape index (κ1) is 12.4. The summed E-state index contributed by atoms with van der Waals surface area (Å²) in [6.07, 6.45) is 9.15. The van der Waals surface area contributed by atoms with E-state index in [0.717, 1.165) is 42.5 Å². The zero-order valence-corrected chi connectivity index (χ0v) is 11.3. The van der Waals surface area contributed by atoms with E-state index in [2.05, 4.69) is 15.3 Å². The molecule has 0 atom stereocenters. The van der Waals surface area contributed by atoms with Gasteiger partial charge in [0.25, 0.3) is 0 Å². The number of nitrogens with one attached hydrogen (secondary N) is 1. The predicted octanol–water partition coefficient (Wildman–Crippen LogP) is 2.08. The van der Waals surface area contributed by atoms with Crippen LogP contribution in [0.3, 0.4) is 0 Å². The highest BCUT2D eigenvalue weighted by Gasteiger charge is 2.32. The lowest BCUT2D eigenvalue weighted by Crippen LogP contribution is -2.44. The lowest BCUT2D eigenvalue weighted by molar-refractivity contribution is 0.172. The Hall–Kier alpha value is -1.62. The van der Waals surface area contributed by atoms with E-state index in [1.165, 1.54) is 6.42 Å². The van der Waals surface area contributed by atoms with E-state index in [1.807, 2.05) is 17.7 Å². The van der Waals surface area contributed by atoms with E-state index in [-0.39, 0.29) is 12.1 Å². The molecule has 2 heterocycles. The van der Waals surface area contributed by atoms with E-state index in [9.17, 15) is 5.11 Å². The van der Waals surface area contributed by atoms with Gasteiger partial charge in [-0.25, -0.2) is 9.97 Å². The molecule has 5 heteroatoms. The van der Waals surface area contributed by atoms with Gasteiger partial charge in [0.05, 0.1) is 24.0 Å². The zero-order chi connectivity index (χ0) is 13.3. The Kier molecular flexibility index (Phi) is 3.14. The Balaban J connectivity index is 1.95. The number of nitrogens with zero attached hydrogens (tertiary/aromatic N) is 3. The van der Waals surface area contributed by atoms with Crippen molar-refractivity contribution in [1.82, 2.24) is 14.5 Å². The van der Waals surface area contributed by atoms with Gasteiger partial charge in [0.15, 0.2) is 5.82 Å². The summed E-state index contributed by atoms with van der Waals surface area (Å²) < 4.78 is 1.98. The second-order valence-corrected chi connectivity index (χ2v) is 5.51. The van der Waals surface area contributed by atoms with E-state index in [1.54, 1.807) is 12.5 Å². The number of pyridine rings is 1. The van der Waals surface area contributed by atoms with Crippen LogP contribution in [0.4, 0.5) is 5.82 Å². The average molecular weight is 260 g/mol. The second kappa shape index (κ2) is 4.81. The molecule has 2 N–H and O–H groups in total. The smallest absolute Gasteiger partial charge is 0.154 e. The Bertz CT molecular complexity index is 572. The van der Waals surface area contributed by atoms with Gasteiger partial charge in [-0.05, 0) is 18.9 Å². The molecule has 1 aliphatic carbocycles. The molecule has 3 rings (SSSR count). The van der Waals surface area contributed by atoms with Crippen molar-refractivity contribution in [3.8, 4) is 0 Å². The molecule has 0 bridgehead atoms. The molecule has 2 aromatic rings. The summed E-state index contributed by atoms with van der Waals surface area (Å²) in [5, 5.41) is 13.2. The van der Waals surface area contributed by atoms with Crippen LogP contribution >= 0.6 is 0 Å². The molecule has 0 radical (unpaired) electrons. The van der Waals surface area contributed by atoms with Gasteiger partial charge in [-0.15, -0.1) is 0 Å². The fourth-order valence-corrected chi connectivity index (χ4v) is 2.96. The molecule has 0 aliphatic heterocycles. The maximum atomic E-state index is 9.76. The largest absolute Gasteiger partial charge is 0.394 e. The lowest BCUT2D eigenvalue weighted by Gasteiger charge is -2.36. The molecule has 1 saturated carbocycles. The molecule has 1 fully saturated rings. The van der Waals surface area contributed by atoms with Crippen molar-refractivity contribution in [3.63, 3.8) is 0 Å². The van der Waals surface area contributed by atoms with Crippen molar-refractivity contribution in [2.75, 3.05) is 11.9 Å². The molecule has 0 unspecified atom stereocenters. The predicted molar refractivity (Wildman–Crippen MR) is 75.0 cm³/mol. The van der Waals surface area contributed by atoms with Crippen LogP contribution < -0.4 is 5.32 Å². The van der Waals surface area contributed by atoms with Gasteiger partial charge >= 0.3 is 0 Å². The molecular weight excluding hydrogens is 240 g/mol. The molecule has 0 amide bonds. The third-order valence-corrected chi connectivity index (χ3v) is 4.14. The first-order valence-corrected chi connectivity index (χ1v) is 6.89. The number of aryl methyl sites for hydroxylation is 1. The van der Waals surface area contributed by atoms with Crippen LogP contribution in [-0.2, 0) is 7.05 Å². The molecule has 2 aromatic heterocycles. The molecular formula is C14H20N4O. The fourth-order valence-electron chi connectivity index (χ4n) is 2.96. The van der Waals surface area contributed by atoms with Crippen LogP contribution in [0, 0.1) is 0 Å². The van der Waals surface area contributed by atoms with E-state index < -0.39 is 0 Å². The number of aliphatic hydroxyl groups excluding tert-OH is 1. The standard InChI is InChI=1S/C14H20N4O/c1-18-10-16-12-11(18)5-8-15-13(12)17-14(9-19)6-3-2-4-7-14/h5,8,10,19H,2-4,6-7,9H2,1H3,(H,15,17). The number of imidazole rings is 1. The summed E-state index contributed by atoms with van der Waals surface area (Å²) in [7, 11) is 1.97. The van der Waals surface area contributed by atoms with Crippen molar-refractivity contribution in [1.29, 1.82) is 0 Å². The van der Waals surface area contributed by atoms with Crippen molar-refractivity contribution in [2.24, 2.45) is 7.05 Å². The highest BCUT2D eigenvalue weighted by molar-refractivity contribution is 5.86. The van der Waals surface area contributed by atoms with Crippen LogP contribution in [0.1, 0.15) is 32.1 Å². The number of hydrogen-bond acceptors (Lipinski definition) is 4. The minimum atomic E-state index is -0.225. The Morgan fingerprint density at radius 2 is 2.11 bits per heavy atom. The van der Waals surface area contributed by atoms with Gasteiger partial charge in [-0.1, -0.05) is 19.3 Å². The topological polar surface area (TPSA) is 63.0 Å². The first-order chi connectivity index (χ1) is 9.24. The molecule has 5 nitrogen and oxygen atoms in total. The number of anilines is 1. The van der Waals surface area contributed by atoms with Gasteiger partial charge in [-0.3, -0.25) is 0 Å². The average Bonchev–Trinajstić information content (AvgIpc) is 2.83. The number of aliphatic hydroxyl groups is 1. The summed E-state index contributed by atoms with van der Waals surface area (Å²) in [5.74, 6) is 0.786. The van der Waals surface area contributed by atoms with Crippen molar-refractivity contribution >= 4 is 16.9 Å². The van der Waals surface area contributed by atoms with Crippen molar-refractivity contribution in [2.45, 2.75) is 37.6 Å². The molecule has 1 aliphatic rings. The molecule has 0 spiro atoms. The second-order valence-electron chi connectivity index (χ2n) is 5.51. The number of aromatic nitrogens is 3. The van der Waals surface area contributed by atoms with Crippen molar-refractivity contribution in [3.05, 3.63) is 18.6 Å². The minimum absolute atomic E-state index is 0.151. The first-order valence-electron chi connectivity index (χ1n) is 6.89. The van der Waals surface area contributed by atoms with Crippen LogP contribution in [0.15, 0.2) is 18.6 Å². The Labute approximate surface area is 112 Å². The minimum Gasteiger partial charge on any atom is -0.394 e. The van der Waals surface area contributed by atoms with Crippen LogP contribution in [-0.4, -0.2) is 31.8 Å². The molecule has 0 saturated heterocycles. The van der Waals surface area contributed by atoms with Crippen LogP contribution in [0.25, 0.3) is 11.0 Å². The van der Waals surface area contributed by atoms with Gasteiger partial charge in [0, 0.05) is 13.2 Å².